The molecule has 0 spiro atoms. The quantitative estimate of drug-likeness (QED) is 0.683. The second-order valence-electron chi connectivity index (χ2n) is 6.36. The monoisotopic (exact) mass is 318 g/mol. The van der Waals surface area contributed by atoms with Crippen molar-refractivity contribution in [1.82, 2.24) is 0 Å². The molecule has 120 valence electrons. The summed E-state index contributed by atoms with van der Waals surface area (Å²) in [6, 6.07) is 16.8. The highest BCUT2D eigenvalue weighted by atomic mass is 16.2. The van der Waals surface area contributed by atoms with Crippen LogP contribution in [0.4, 0.5) is 11.4 Å². The fourth-order valence-electron chi connectivity index (χ4n) is 3.67. The van der Waals surface area contributed by atoms with E-state index in [4.69, 9.17) is 5.73 Å². The second kappa shape index (κ2) is 5.64. The van der Waals surface area contributed by atoms with E-state index < -0.39 is 0 Å². The molecule has 1 fully saturated rings. The Hall–Kier alpha value is -2.88. The molecule has 0 bridgehead atoms. The molecule has 4 heteroatoms. The average Bonchev–Trinajstić information content (AvgIpc) is 2.86. The Morgan fingerprint density at radius 1 is 0.917 bits per heavy atom. The number of allylic oxidation sites excluding steroid dienone is 2. The Kier molecular flexibility index (Phi) is 3.45. The number of imide groups is 1. The van der Waals surface area contributed by atoms with E-state index in [0.29, 0.717) is 24.2 Å². The van der Waals surface area contributed by atoms with Crippen molar-refractivity contribution in [1.29, 1.82) is 0 Å². The lowest BCUT2D eigenvalue weighted by Crippen LogP contribution is -2.30. The topological polar surface area (TPSA) is 63.4 Å². The zero-order valence-electron chi connectivity index (χ0n) is 13.2. The normalized spacial score (nSPS) is 23.2. The molecule has 0 saturated carbocycles. The van der Waals surface area contributed by atoms with E-state index in [1.807, 2.05) is 42.5 Å². The van der Waals surface area contributed by atoms with Crippen LogP contribution in [0, 0.1) is 11.8 Å². The van der Waals surface area contributed by atoms with Gasteiger partial charge in [0.2, 0.25) is 11.8 Å². The summed E-state index contributed by atoms with van der Waals surface area (Å²) < 4.78 is 0. The average molecular weight is 318 g/mol. The smallest absolute Gasteiger partial charge is 0.238 e. The summed E-state index contributed by atoms with van der Waals surface area (Å²) in [6.45, 7) is 0. The first-order valence-electron chi connectivity index (χ1n) is 8.13. The van der Waals surface area contributed by atoms with Gasteiger partial charge in [-0.2, -0.15) is 0 Å². The van der Waals surface area contributed by atoms with Crippen LogP contribution >= 0.6 is 0 Å². The SMILES string of the molecule is Nc1cccc(C2=CC[C@H]3C(=O)N(c4ccccc4)C(=O)[C@H]3C2)c1. The molecule has 2 amide bonds. The standard InChI is InChI=1S/C20H18N2O2/c21-15-6-4-5-13(11-15)14-9-10-17-18(12-14)20(24)22(19(17)23)16-7-2-1-3-8-16/h1-9,11,17-18H,10,12,21H2/t17-,18+/m1/s1. The van der Waals surface area contributed by atoms with Gasteiger partial charge < -0.3 is 5.73 Å². The van der Waals surface area contributed by atoms with Crippen LogP contribution in [0.25, 0.3) is 5.57 Å². The highest BCUT2D eigenvalue weighted by molar-refractivity contribution is 6.22. The predicted molar refractivity (Wildman–Crippen MR) is 94.0 cm³/mol. The first-order valence-corrected chi connectivity index (χ1v) is 8.13. The molecule has 2 atom stereocenters. The number of para-hydroxylation sites is 1. The van der Waals surface area contributed by atoms with Crippen molar-refractivity contribution >= 4 is 28.8 Å². The van der Waals surface area contributed by atoms with Gasteiger partial charge in [0.15, 0.2) is 0 Å². The largest absolute Gasteiger partial charge is 0.399 e. The van der Waals surface area contributed by atoms with Gasteiger partial charge in [0.1, 0.15) is 0 Å². The number of amides is 2. The number of benzene rings is 2. The Bertz CT molecular complexity index is 842. The van der Waals surface area contributed by atoms with Crippen LogP contribution in [-0.4, -0.2) is 11.8 Å². The van der Waals surface area contributed by atoms with Crippen LogP contribution < -0.4 is 10.6 Å². The molecule has 2 N–H and O–H groups in total. The van der Waals surface area contributed by atoms with Crippen LogP contribution in [0.1, 0.15) is 18.4 Å². The Labute approximate surface area is 140 Å². The van der Waals surface area contributed by atoms with Gasteiger partial charge in [0.05, 0.1) is 17.5 Å². The number of hydrogen-bond donors (Lipinski definition) is 1. The Morgan fingerprint density at radius 2 is 1.67 bits per heavy atom. The summed E-state index contributed by atoms with van der Waals surface area (Å²) in [5, 5.41) is 0. The third-order valence-electron chi connectivity index (χ3n) is 4.89. The van der Waals surface area contributed by atoms with E-state index in [2.05, 4.69) is 6.08 Å². The van der Waals surface area contributed by atoms with Crippen molar-refractivity contribution < 1.29 is 9.59 Å². The molecule has 1 aliphatic heterocycles. The Balaban J connectivity index is 1.64. The number of hydrogen-bond acceptors (Lipinski definition) is 3. The van der Waals surface area contributed by atoms with Crippen LogP contribution in [0.5, 0.6) is 0 Å². The van der Waals surface area contributed by atoms with Gasteiger partial charge in [-0.15, -0.1) is 0 Å². The third kappa shape index (κ3) is 2.31. The molecule has 0 aromatic heterocycles. The Morgan fingerprint density at radius 3 is 2.42 bits per heavy atom. The molecule has 0 radical (unpaired) electrons. The van der Waals surface area contributed by atoms with Crippen molar-refractivity contribution in [2.24, 2.45) is 11.8 Å². The van der Waals surface area contributed by atoms with Gasteiger partial charge in [0, 0.05) is 5.69 Å². The maximum absolute atomic E-state index is 12.8. The highest BCUT2D eigenvalue weighted by Gasteiger charge is 2.49. The summed E-state index contributed by atoms with van der Waals surface area (Å²) in [5.41, 5.74) is 9.36. The number of nitrogen functional groups attached to an aromatic ring is 1. The van der Waals surface area contributed by atoms with Crippen molar-refractivity contribution in [2.75, 3.05) is 10.6 Å². The molecule has 24 heavy (non-hydrogen) atoms. The maximum Gasteiger partial charge on any atom is 0.238 e. The minimum absolute atomic E-state index is 0.0842. The lowest BCUT2D eigenvalue weighted by atomic mass is 9.79. The first-order chi connectivity index (χ1) is 11.6. The lowest BCUT2D eigenvalue weighted by Gasteiger charge is -2.22. The maximum atomic E-state index is 12.8. The van der Waals surface area contributed by atoms with Gasteiger partial charge in [-0.05, 0) is 48.2 Å². The minimum Gasteiger partial charge on any atom is -0.399 e. The van der Waals surface area contributed by atoms with E-state index in [9.17, 15) is 9.59 Å². The number of rotatable bonds is 2. The predicted octanol–water partition coefficient (Wildman–Crippen LogP) is 3.25. The summed E-state index contributed by atoms with van der Waals surface area (Å²) >= 11 is 0. The molecule has 0 unspecified atom stereocenters. The molecule has 4 rings (SSSR count). The van der Waals surface area contributed by atoms with Gasteiger partial charge >= 0.3 is 0 Å². The number of nitrogens with zero attached hydrogens (tertiary/aromatic N) is 1. The van der Waals surface area contributed by atoms with Crippen molar-refractivity contribution in [3.63, 3.8) is 0 Å². The van der Waals surface area contributed by atoms with E-state index >= 15 is 0 Å². The van der Waals surface area contributed by atoms with Crippen LogP contribution in [0.2, 0.25) is 0 Å². The summed E-state index contributed by atoms with van der Waals surface area (Å²) in [4.78, 5) is 26.9. The molecule has 2 aliphatic rings. The second-order valence-corrected chi connectivity index (χ2v) is 6.36. The lowest BCUT2D eigenvalue weighted by molar-refractivity contribution is -0.122. The van der Waals surface area contributed by atoms with Crippen LogP contribution in [-0.2, 0) is 9.59 Å². The molecule has 2 aromatic carbocycles. The molecule has 1 heterocycles. The van der Waals surface area contributed by atoms with Gasteiger partial charge in [-0.25, -0.2) is 0 Å². The number of fused-ring (bicyclic) bond motifs is 1. The molecule has 2 aromatic rings. The number of anilines is 2. The van der Waals surface area contributed by atoms with Gasteiger partial charge in [-0.1, -0.05) is 36.4 Å². The summed E-state index contributed by atoms with van der Waals surface area (Å²) in [6.07, 6.45) is 3.26. The van der Waals surface area contributed by atoms with E-state index in [1.54, 1.807) is 12.1 Å². The number of carbonyl (C=O) groups is 2. The molecule has 4 nitrogen and oxygen atoms in total. The van der Waals surface area contributed by atoms with E-state index in [1.165, 1.54) is 4.90 Å². The zero-order chi connectivity index (χ0) is 16.7. The number of nitrogens with two attached hydrogens (primary N) is 1. The summed E-state index contributed by atoms with van der Waals surface area (Å²) in [7, 11) is 0. The first kappa shape index (κ1) is 14.7. The zero-order valence-corrected chi connectivity index (χ0v) is 13.2. The van der Waals surface area contributed by atoms with Crippen molar-refractivity contribution in [3.05, 3.63) is 66.2 Å². The van der Waals surface area contributed by atoms with Crippen LogP contribution in [0.15, 0.2) is 60.7 Å². The summed E-state index contributed by atoms with van der Waals surface area (Å²) in [5.74, 6) is -0.702. The van der Waals surface area contributed by atoms with E-state index in [-0.39, 0.29) is 23.7 Å². The molecule has 1 aliphatic carbocycles. The fourth-order valence-corrected chi connectivity index (χ4v) is 3.67. The van der Waals surface area contributed by atoms with Crippen LogP contribution in [0.3, 0.4) is 0 Å². The van der Waals surface area contributed by atoms with Crippen molar-refractivity contribution in [3.8, 4) is 0 Å². The van der Waals surface area contributed by atoms with E-state index in [0.717, 1.165) is 11.1 Å². The molecular weight excluding hydrogens is 300 g/mol. The number of carbonyl (C=O) groups excluding carboxylic acids is 2. The third-order valence-corrected chi connectivity index (χ3v) is 4.89. The van der Waals surface area contributed by atoms with Crippen molar-refractivity contribution in [2.45, 2.75) is 12.8 Å². The molecular formula is C20H18N2O2. The van der Waals surface area contributed by atoms with Gasteiger partial charge in [-0.3, -0.25) is 14.5 Å². The fraction of sp³-hybridized carbons (Fsp3) is 0.200. The minimum atomic E-state index is -0.279. The van der Waals surface area contributed by atoms with Gasteiger partial charge in [0.25, 0.3) is 0 Å². The highest BCUT2D eigenvalue weighted by Crippen LogP contribution is 2.42. The molecule has 1 saturated heterocycles.